The van der Waals surface area contributed by atoms with E-state index in [4.69, 9.17) is 5.11 Å². The Hall–Kier alpha value is -1.72. The van der Waals surface area contributed by atoms with Crippen molar-refractivity contribution < 1.29 is 5.11 Å². The Morgan fingerprint density at radius 2 is 2.31 bits per heavy atom. The lowest BCUT2D eigenvalue weighted by Gasteiger charge is -1.97. The summed E-state index contributed by atoms with van der Waals surface area (Å²) in [6.07, 6.45) is 3.62. The molecule has 0 amide bonds. The summed E-state index contributed by atoms with van der Waals surface area (Å²) >= 11 is 1.53. The van der Waals surface area contributed by atoms with Gasteiger partial charge in [0, 0.05) is 28.7 Å². The number of nitrogens with zero attached hydrogens (tertiary/aromatic N) is 2. The van der Waals surface area contributed by atoms with E-state index in [-0.39, 0.29) is 6.61 Å². The topological polar surface area (TPSA) is 61.8 Å². The van der Waals surface area contributed by atoms with E-state index in [0.29, 0.717) is 5.69 Å². The normalized spacial score (nSPS) is 11.1. The fourth-order valence-electron chi connectivity index (χ4n) is 1.65. The number of nitrogens with one attached hydrogen (secondary N) is 1. The number of rotatable bonds is 2. The summed E-state index contributed by atoms with van der Waals surface area (Å²) in [5, 5.41) is 12.8. The van der Waals surface area contributed by atoms with Crippen molar-refractivity contribution in [1.29, 1.82) is 0 Å². The number of thiazole rings is 1. The third-order valence-corrected chi connectivity index (χ3v) is 3.33. The van der Waals surface area contributed by atoms with E-state index in [9.17, 15) is 0 Å². The lowest BCUT2D eigenvalue weighted by atomic mass is 10.2. The maximum absolute atomic E-state index is 9.00. The molecule has 0 unspecified atom stereocenters. The fraction of sp³-hybridized carbons (Fsp3) is 0.0909. The number of aromatic nitrogens is 3. The number of H-pyrrole nitrogens is 1. The SMILES string of the molecule is OCc1csc(-c2ccnc3[nH]ccc23)n1. The lowest BCUT2D eigenvalue weighted by Crippen LogP contribution is -1.84. The Bertz CT molecular complexity index is 629. The molecule has 0 saturated heterocycles. The first-order chi connectivity index (χ1) is 7.88. The highest BCUT2D eigenvalue weighted by Gasteiger charge is 2.08. The average molecular weight is 231 g/mol. The highest BCUT2D eigenvalue weighted by Crippen LogP contribution is 2.29. The van der Waals surface area contributed by atoms with Crippen LogP contribution in [0, 0.1) is 0 Å². The predicted molar refractivity (Wildman–Crippen MR) is 63.1 cm³/mol. The van der Waals surface area contributed by atoms with Gasteiger partial charge in [0.15, 0.2) is 0 Å². The Kier molecular flexibility index (Phi) is 2.19. The van der Waals surface area contributed by atoms with Crippen LogP contribution in [-0.4, -0.2) is 20.1 Å². The monoisotopic (exact) mass is 231 g/mol. The van der Waals surface area contributed by atoms with Gasteiger partial charge in [0.2, 0.25) is 0 Å². The van der Waals surface area contributed by atoms with Crippen molar-refractivity contribution in [3.05, 3.63) is 35.6 Å². The molecule has 0 spiro atoms. The quantitative estimate of drug-likeness (QED) is 0.710. The first kappa shape index (κ1) is 9.50. The molecule has 3 heterocycles. The highest BCUT2D eigenvalue weighted by molar-refractivity contribution is 7.13. The molecule has 80 valence electrons. The molecule has 0 aliphatic rings. The Morgan fingerprint density at radius 3 is 3.12 bits per heavy atom. The first-order valence-corrected chi connectivity index (χ1v) is 5.74. The summed E-state index contributed by atoms with van der Waals surface area (Å²) in [6.45, 7) is -0.0160. The molecule has 3 aromatic heterocycles. The Labute approximate surface area is 95.6 Å². The molecule has 0 aliphatic heterocycles. The second-order valence-corrected chi connectivity index (χ2v) is 4.26. The standard InChI is InChI=1S/C11H9N3OS/c15-5-7-6-16-11(14-7)9-2-4-13-10-8(9)1-3-12-10/h1-4,6,15H,5H2,(H,12,13). The minimum absolute atomic E-state index is 0.0160. The van der Waals surface area contributed by atoms with Gasteiger partial charge < -0.3 is 10.1 Å². The minimum Gasteiger partial charge on any atom is -0.390 e. The van der Waals surface area contributed by atoms with Crippen molar-refractivity contribution in [2.24, 2.45) is 0 Å². The molecular weight excluding hydrogens is 222 g/mol. The number of aliphatic hydroxyl groups excluding tert-OH is 1. The maximum atomic E-state index is 9.00. The van der Waals surface area contributed by atoms with Gasteiger partial charge in [-0.2, -0.15) is 0 Å². The van der Waals surface area contributed by atoms with Crippen LogP contribution in [0.15, 0.2) is 29.9 Å². The van der Waals surface area contributed by atoms with Crippen LogP contribution in [0.4, 0.5) is 0 Å². The van der Waals surface area contributed by atoms with Crippen LogP contribution in [0.1, 0.15) is 5.69 Å². The van der Waals surface area contributed by atoms with Gasteiger partial charge in [0.1, 0.15) is 10.7 Å². The average Bonchev–Trinajstić information content (AvgIpc) is 2.97. The molecule has 0 saturated carbocycles. The lowest BCUT2D eigenvalue weighted by molar-refractivity contribution is 0.278. The predicted octanol–water partition coefficient (Wildman–Crippen LogP) is 2.18. The van der Waals surface area contributed by atoms with Gasteiger partial charge in [0.25, 0.3) is 0 Å². The van der Waals surface area contributed by atoms with E-state index >= 15 is 0 Å². The number of hydrogen-bond donors (Lipinski definition) is 2. The third kappa shape index (κ3) is 1.41. The second kappa shape index (κ2) is 3.70. The smallest absolute Gasteiger partial charge is 0.137 e. The number of fused-ring (bicyclic) bond motifs is 1. The Morgan fingerprint density at radius 1 is 1.38 bits per heavy atom. The third-order valence-electron chi connectivity index (χ3n) is 2.40. The zero-order valence-electron chi connectivity index (χ0n) is 8.34. The second-order valence-electron chi connectivity index (χ2n) is 3.40. The van der Waals surface area contributed by atoms with Crippen molar-refractivity contribution in [1.82, 2.24) is 15.0 Å². The van der Waals surface area contributed by atoms with Crippen LogP contribution >= 0.6 is 11.3 Å². The minimum atomic E-state index is -0.0160. The summed E-state index contributed by atoms with van der Waals surface area (Å²) in [5.74, 6) is 0. The van der Waals surface area contributed by atoms with Crippen molar-refractivity contribution in [2.45, 2.75) is 6.61 Å². The molecule has 0 atom stereocenters. The summed E-state index contributed by atoms with van der Waals surface area (Å²) < 4.78 is 0. The maximum Gasteiger partial charge on any atom is 0.137 e. The van der Waals surface area contributed by atoms with Gasteiger partial charge in [-0.1, -0.05) is 0 Å². The van der Waals surface area contributed by atoms with Crippen LogP contribution in [0.5, 0.6) is 0 Å². The van der Waals surface area contributed by atoms with Crippen LogP contribution in [0.3, 0.4) is 0 Å². The van der Waals surface area contributed by atoms with E-state index in [0.717, 1.165) is 21.6 Å². The molecule has 0 bridgehead atoms. The van der Waals surface area contributed by atoms with Crippen molar-refractivity contribution >= 4 is 22.4 Å². The summed E-state index contributed by atoms with van der Waals surface area (Å²) in [6, 6.07) is 3.92. The first-order valence-electron chi connectivity index (χ1n) is 4.86. The highest BCUT2D eigenvalue weighted by atomic mass is 32.1. The van der Waals surface area contributed by atoms with Gasteiger partial charge in [-0.25, -0.2) is 9.97 Å². The molecule has 4 nitrogen and oxygen atoms in total. The van der Waals surface area contributed by atoms with Crippen LogP contribution in [-0.2, 0) is 6.61 Å². The van der Waals surface area contributed by atoms with E-state index < -0.39 is 0 Å². The molecule has 0 fully saturated rings. The van der Waals surface area contributed by atoms with Crippen molar-refractivity contribution in [2.75, 3.05) is 0 Å². The zero-order chi connectivity index (χ0) is 11.0. The summed E-state index contributed by atoms with van der Waals surface area (Å²) in [4.78, 5) is 11.6. The van der Waals surface area contributed by atoms with Gasteiger partial charge in [-0.05, 0) is 12.1 Å². The van der Waals surface area contributed by atoms with Crippen molar-refractivity contribution in [3.8, 4) is 10.6 Å². The zero-order valence-corrected chi connectivity index (χ0v) is 9.16. The number of hydrogen-bond acceptors (Lipinski definition) is 4. The molecule has 5 heteroatoms. The molecule has 0 aromatic carbocycles. The van der Waals surface area contributed by atoms with Crippen LogP contribution < -0.4 is 0 Å². The molecule has 2 N–H and O–H groups in total. The molecule has 3 rings (SSSR count). The number of aliphatic hydroxyl groups is 1. The van der Waals surface area contributed by atoms with Gasteiger partial charge in [0.05, 0.1) is 12.3 Å². The number of pyridine rings is 1. The molecule has 16 heavy (non-hydrogen) atoms. The Balaban J connectivity index is 2.21. The molecule has 0 radical (unpaired) electrons. The van der Waals surface area contributed by atoms with E-state index in [1.54, 1.807) is 6.20 Å². The van der Waals surface area contributed by atoms with Crippen LogP contribution in [0.25, 0.3) is 21.6 Å². The summed E-state index contributed by atoms with van der Waals surface area (Å²) in [5.41, 5.74) is 2.62. The molecule has 0 aliphatic carbocycles. The van der Waals surface area contributed by atoms with E-state index in [2.05, 4.69) is 15.0 Å². The van der Waals surface area contributed by atoms with Crippen molar-refractivity contribution in [3.63, 3.8) is 0 Å². The van der Waals surface area contributed by atoms with E-state index in [1.165, 1.54) is 11.3 Å². The van der Waals surface area contributed by atoms with Crippen LogP contribution in [0.2, 0.25) is 0 Å². The molecular formula is C11H9N3OS. The van der Waals surface area contributed by atoms with E-state index in [1.807, 2.05) is 23.7 Å². The summed E-state index contributed by atoms with van der Waals surface area (Å²) in [7, 11) is 0. The van der Waals surface area contributed by atoms with Gasteiger partial charge in [-0.15, -0.1) is 11.3 Å². The molecule has 3 aromatic rings. The fourth-order valence-corrected chi connectivity index (χ4v) is 2.50. The van der Waals surface area contributed by atoms with Gasteiger partial charge >= 0.3 is 0 Å². The van der Waals surface area contributed by atoms with Gasteiger partial charge in [-0.3, -0.25) is 0 Å². The number of aromatic amines is 1. The largest absolute Gasteiger partial charge is 0.390 e.